The van der Waals surface area contributed by atoms with Crippen molar-refractivity contribution in [1.82, 2.24) is 0 Å². The largest absolute Gasteiger partial charge is 0.481 e. The maximum atomic E-state index is 12.1. The van der Waals surface area contributed by atoms with E-state index in [4.69, 9.17) is 9.88 Å². The Hall–Kier alpha value is -2.13. The molecule has 0 saturated carbocycles. The number of carbonyl (C=O) groups excluding carboxylic acids is 1. The average Bonchev–Trinajstić information content (AvgIpc) is 2.52. The van der Waals surface area contributed by atoms with Crippen LogP contribution in [-0.4, -0.2) is 45.7 Å². The molecule has 0 aromatic heterocycles. The number of hydrogen-bond acceptors (Lipinski definition) is 6. The topological polar surface area (TPSA) is 127 Å². The predicted octanol–water partition coefficient (Wildman–Crippen LogP) is 0.668. The van der Waals surface area contributed by atoms with E-state index in [1.165, 1.54) is 19.2 Å². The van der Waals surface area contributed by atoms with Crippen LogP contribution in [0.3, 0.4) is 0 Å². The molecule has 1 aliphatic heterocycles. The fraction of sp³-hybridized carbons (Fsp3) is 0.467. The average molecular weight is 356 g/mol. The van der Waals surface area contributed by atoms with Crippen LogP contribution in [0.4, 0.5) is 5.69 Å². The summed E-state index contributed by atoms with van der Waals surface area (Å²) in [5, 5.41) is 14.4. The molecule has 0 amide bonds. The molecule has 0 aliphatic carbocycles. The lowest BCUT2D eigenvalue weighted by atomic mass is 9.90. The van der Waals surface area contributed by atoms with Crippen molar-refractivity contribution in [2.75, 3.05) is 25.1 Å². The summed E-state index contributed by atoms with van der Waals surface area (Å²) in [5.41, 5.74) is 0.481. The molecule has 1 aromatic carbocycles. The van der Waals surface area contributed by atoms with Crippen LogP contribution >= 0.6 is 0 Å². The highest BCUT2D eigenvalue weighted by atomic mass is 32.2. The molecule has 0 bridgehead atoms. The third kappa shape index (κ3) is 3.85. The number of aliphatic carboxylic acids is 1. The smallest absolute Gasteiger partial charge is 0.340 e. The van der Waals surface area contributed by atoms with Crippen molar-refractivity contribution < 1.29 is 27.9 Å². The number of carboxylic acid groups (broad SMARTS) is 1. The molecule has 1 heterocycles. The van der Waals surface area contributed by atoms with Gasteiger partial charge in [0.15, 0.2) is 0 Å². The molecule has 1 saturated heterocycles. The van der Waals surface area contributed by atoms with E-state index < -0.39 is 27.9 Å². The van der Waals surface area contributed by atoms with Crippen molar-refractivity contribution in [1.29, 1.82) is 0 Å². The summed E-state index contributed by atoms with van der Waals surface area (Å²) >= 11 is 0. The molecular formula is C15H20N2O6S. The van der Waals surface area contributed by atoms with Crippen molar-refractivity contribution >= 4 is 27.6 Å². The molecule has 1 fully saturated rings. The Morgan fingerprint density at radius 3 is 2.54 bits per heavy atom. The van der Waals surface area contributed by atoms with Gasteiger partial charge >= 0.3 is 11.9 Å². The fourth-order valence-corrected chi connectivity index (χ4v) is 3.51. The number of hydrogen-bond donors (Lipinski definition) is 2. The number of rotatable bonds is 4. The number of nitrogens with zero attached hydrogens (tertiary/aromatic N) is 1. The van der Waals surface area contributed by atoms with Crippen molar-refractivity contribution in [3.8, 4) is 0 Å². The molecule has 8 nitrogen and oxygen atoms in total. The van der Waals surface area contributed by atoms with Gasteiger partial charge < -0.3 is 14.7 Å². The first-order valence-corrected chi connectivity index (χ1v) is 8.91. The van der Waals surface area contributed by atoms with E-state index in [0.717, 1.165) is 6.07 Å². The Kier molecular flexibility index (Phi) is 5.14. The quantitative estimate of drug-likeness (QED) is 0.759. The van der Waals surface area contributed by atoms with Gasteiger partial charge in [0.2, 0.25) is 10.0 Å². The van der Waals surface area contributed by atoms with E-state index in [0.29, 0.717) is 18.7 Å². The first-order chi connectivity index (χ1) is 11.1. The van der Waals surface area contributed by atoms with E-state index in [-0.39, 0.29) is 22.9 Å². The molecule has 2 unspecified atom stereocenters. The van der Waals surface area contributed by atoms with Gasteiger partial charge in [-0.1, -0.05) is 6.92 Å². The standard InChI is InChI=1S/C15H20N2O6S/c1-9-5-10(14(18)19)8-17(7-9)13-4-3-11(24(16,21)22)6-12(13)15(20)23-2/h3-4,6,9-10H,5,7-8H2,1-2H3,(H,18,19)(H2,16,21,22). The summed E-state index contributed by atoms with van der Waals surface area (Å²) in [6.07, 6.45) is 0.550. The summed E-state index contributed by atoms with van der Waals surface area (Å²) < 4.78 is 27.7. The molecule has 24 heavy (non-hydrogen) atoms. The van der Waals surface area contributed by atoms with Gasteiger partial charge in [0.25, 0.3) is 0 Å². The fourth-order valence-electron chi connectivity index (χ4n) is 2.97. The van der Waals surface area contributed by atoms with Crippen LogP contribution < -0.4 is 10.0 Å². The highest BCUT2D eigenvalue weighted by molar-refractivity contribution is 7.89. The van der Waals surface area contributed by atoms with E-state index in [2.05, 4.69) is 0 Å². The van der Waals surface area contributed by atoms with Gasteiger partial charge in [-0.3, -0.25) is 4.79 Å². The number of piperidine rings is 1. The number of ether oxygens (including phenoxy) is 1. The number of primary sulfonamides is 1. The molecule has 1 aromatic rings. The maximum Gasteiger partial charge on any atom is 0.340 e. The number of carboxylic acids is 1. The van der Waals surface area contributed by atoms with Crippen LogP contribution in [0.5, 0.6) is 0 Å². The zero-order chi connectivity index (χ0) is 18.1. The highest BCUT2D eigenvalue weighted by Gasteiger charge is 2.31. The molecule has 1 aliphatic rings. The van der Waals surface area contributed by atoms with Crippen molar-refractivity contribution in [3.05, 3.63) is 23.8 Å². The Labute approximate surface area is 140 Å². The molecule has 3 N–H and O–H groups in total. The van der Waals surface area contributed by atoms with E-state index in [1.54, 1.807) is 4.90 Å². The number of benzene rings is 1. The SMILES string of the molecule is COC(=O)c1cc(S(N)(=O)=O)ccc1N1CC(C)CC(C(=O)O)C1. The molecule has 9 heteroatoms. The van der Waals surface area contributed by atoms with Gasteiger partial charge in [0, 0.05) is 13.1 Å². The number of carbonyl (C=O) groups is 2. The normalized spacial score (nSPS) is 21.4. The van der Waals surface area contributed by atoms with Gasteiger partial charge in [-0.25, -0.2) is 18.4 Å². The van der Waals surface area contributed by atoms with E-state index >= 15 is 0 Å². The molecular weight excluding hydrogens is 336 g/mol. The molecule has 2 atom stereocenters. The van der Waals surface area contributed by atoms with E-state index in [9.17, 15) is 23.1 Å². The maximum absolute atomic E-state index is 12.1. The van der Waals surface area contributed by atoms with E-state index in [1.807, 2.05) is 6.92 Å². The zero-order valence-electron chi connectivity index (χ0n) is 13.4. The first kappa shape index (κ1) is 18.2. The number of esters is 1. The van der Waals surface area contributed by atoms with Crippen LogP contribution in [0.2, 0.25) is 0 Å². The number of nitrogens with two attached hydrogens (primary N) is 1. The second-order valence-electron chi connectivity index (χ2n) is 6.00. The minimum atomic E-state index is -3.97. The Balaban J connectivity index is 2.48. The number of sulfonamides is 1. The Morgan fingerprint density at radius 2 is 2.00 bits per heavy atom. The summed E-state index contributed by atoms with van der Waals surface area (Å²) in [6.45, 7) is 2.72. The van der Waals surface area contributed by atoms with Crippen molar-refractivity contribution in [2.45, 2.75) is 18.2 Å². The number of methoxy groups -OCH3 is 1. The minimum absolute atomic E-state index is 0.0438. The van der Waals surface area contributed by atoms with Crippen LogP contribution in [-0.2, 0) is 19.6 Å². The zero-order valence-corrected chi connectivity index (χ0v) is 14.2. The molecule has 132 valence electrons. The summed E-state index contributed by atoms with van der Waals surface area (Å²) in [6, 6.07) is 3.92. The Morgan fingerprint density at radius 1 is 1.33 bits per heavy atom. The molecule has 0 radical (unpaired) electrons. The van der Waals surface area contributed by atoms with Gasteiger partial charge in [-0.15, -0.1) is 0 Å². The summed E-state index contributed by atoms with van der Waals surface area (Å²) in [5.74, 6) is -2.05. The van der Waals surface area contributed by atoms with Crippen molar-refractivity contribution in [2.24, 2.45) is 17.0 Å². The van der Waals surface area contributed by atoms with Gasteiger partial charge in [-0.05, 0) is 30.5 Å². The second-order valence-corrected chi connectivity index (χ2v) is 7.56. The van der Waals surface area contributed by atoms with Gasteiger partial charge in [0.05, 0.1) is 29.2 Å². The van der Waals surface area contributed by atoms with Gasteiger partial charge in [-0.2, -0.15) is 0 Å². The lowest BCUT2D eigenvalue weighted by Crippen LogP contribution is -2.43. The van der Waals surface area contributed by atoms with Gasteiger partial charge in [0.1, 0.15) is 0 Å². The highest BCUT2D eigenvalue weighted by Crippen LogP contribution is 2.31. The van der Waals surface area contributed by atoms with Crippen molar-refractivity contribution in [3.63, 3.8) is 0 Å². The third-order valence-electron chi connectivity index (χ3n) is 4.05. The second kappa shape index (κ2) is 6.78. The molecule has 0 spiro atoms. The van der Waals surface area contributed by atoms with Crippen LogP contribution in [0.15, 0.2) is 23.1 Å². The first-order valence-electron chi connectivity index (χ1n) is 7.36. The monoisotopic (exact) mass is 356 g/mol. The third-order valence-corrected chi connectivity index (χ3v) is 4.96. The van der Waals surface area contributed by atoms with Crippen LogP contribution in [0, 0.1) is 11.8 Å². The van der Waals surface area contributed by atoms with Crippen LogP contribution in [0.1, 0.15) is 23.7 Å². The Bertz CT molecular complexity index is 761. The predicted molar refractivity (Wildman–Crippen MR) is 86.3 cm³/mol. The number of anilines is 1. The summed E-state index contributed by atoms with van der Waals surface area (Å²) in [7, 11) is -2.78. The van der Waals surface area contributed by atoms with Crippen LogP contribution in [0.25, 0.3) is 0 Å². The lowest BCUT2D eigenvalue weighted by Gasteiger charge is -2.37. The minimum Gasteiger partial charge on any atom is -0.481 e. The lowest BCUT2D eigenvalue weighted by molar-refractivity contribution is -0.142. The summed E-state index contributed by atoms with van der Waals surface area (Å²) in [4.78, 5) is 24.9. The molecule has 2 rings (SSSR count).